The molecule has 0 saturated heterocycles. The number of nitrogens with zero attached hydrogens (tertiary/aromatic N) is 1. The fourth-order valence-electron chi connectivity index (χ4n) is 2.34. The van der Waals surface area contributed by atoms with Crippen molar-refractivity contribution in [3.8, 4) is 0 Å². The summed E-state index contributed by atoms with van der Waals surface area (Å²) in [6, 6.07) is 1.59. The van der Waals surface area contributed by atoms with Gasteiger partial charge in [0.05, 0.1) is 0 Å². The lowest BCUT2D eigenvalue weighted by Crippen LogP contribution is -2.49. The van der Waals surface area contributed by atoms with E-state index in [1.165, 1.54) is 25.8 Å². The maximum Gasteiger partial charge on any atom is 0.0221 e. The topological polar surface area (TPSA) is 15.3 Å². The van der Waals surface area contributed by atoms with Gasteiger partial charge in [-0.1, -0.05) is 20.8 Å². The normalized spacial score (nSPS) is 19.1. The van der Waals surface area contributed by atoms with E-state index in [0.717, 1.165) is 18.5 Å². The van der Waals surface area contributed by atoms with E-state index >= 15 is 0 Å². The maximum absolute atomic E-state index is 3.67. The van der Waals surface area contributed by atoms with Crippen molar-refractivity contribution in [1.82, 2.24) is 10.2 Å². The molecule has 1 aliphatic rings. The Morgan fingerprint density at radius 3 is 2.18 bits per heavy atom. The molecule has 1 atom stereocenters. The molecule has 1 saturated carbocycles. The van der Waals surface area contributed by atoms with Crippen molar-refractivity contribution in [2.24, 2.45) is 5.92 Å². The Bertz CT molecular complexity index is 213. The minimum atomic E-state index is 0.237. The Morgan fingerprint density at radius 1 is 1.24 bits per heavy atom. The van der Waals surface area contributed by atoms with E-state index in [2.05, 4.69) is 51.8 Å². The van der Waals surface area contributed by atoms with Crippen LogP contribution in [0.1, 0.15) is 60.8 Å². The molecule has 0 aromatic rings. The summed E-state index contributed by atoms with van der Waals surface area (Å²) in [7, 11) is 0. The Labute approximate surface area is 108 Å². The van der Waals surface area contributed by atoms with Crippen LogP contribution in [0.25, 0.3) is 0 Å². The SMILES string of the molecule is CCC(CNC(C)(C)C)N(CC(C)C)C1CC1. The summed E-state index contributed by atoms with van der Waals surface area (Å²) in [5.74, 6) is 0.777. The fourth-order valence-corrected chi connectivity index (χ4v) is 2.34. The van der Waals surface area contributed by atoms with Crippen LogP contribution in [0.15, 0.2) is 0 Å². The monoisotopic (exact) mass is 240 g/mol. The van der Waals surface area contributed by atoms with Crippen LogP contribution in [0, 0.1) is 5.92 Å². The second-order valence-corrected chi connectivity index (χ2v) is 7.01. The van der Waals surface area contributed by atoms with Gasteiger partial charge in [0.15, 0.2) is 0 Å². The van der Waals surface area contributed by atoms with E-state index < -0.39 is 0 Å². The molecule has 0 spiro atoms. The third kappa shape index (κ3) is 5.87. The minimum Gasteiger partial charge on any atom is -0.311 e. The van der Waals surface area contributed by atoms with Crippen LogP contribution < -0.4 is 5.32 Å². The highest BCUT2D eigenvalue weighted by molar-refractivity contribution is 4.90. The predicted molar refractivity (Wildman–Crippen MR) is 76.4 cm³/mol. The zero-order valence-corrected chi connectivity index (χ0v) is 12.7. The van der Waals surface area contributed by atoms with Gasteiger partial charge >= 0.3 is 0 Å². The highest BCUT2D eigenvalue weighted by Crippen LogP contribution is 2.30. The first kappa shape index (κ1) is 15.0. The van der Waals surface area contributed by atoms with Crippen molar-refractivity contribution < 1.29 is 0 Å². The summed E-state index contributed by atoms with van der Waals surface area (Å²) >= 11 is 0. The van der Waals surface area contributed by atoms with Gasteiger partial charge in [0.25, 0.3) is 0 Å². The van der Waals surface area contributed by atoms with Crippen molar-refractivity contribution in [2.75, 3.05) is 13.1 Å². The summed E-state index contributed by atoms with van der Waals surface area (Å²) in [4.78, 5) is 2.75. The van der Waals surface area contributed by atoms with Crippen LogP contribution >= 0.6 is 0 Å². The molecule has 2 heteroatoms. The highest BCUT2D eigenvalue weighted by Gasteiger charge is 2.33. The average molecular weight is 240 g/mol. The van der Waals surface area contributed by atoms with E-state index in [0.29, 0.717) is 6.04 Å². The second-order valence-electron chi connectivity index (χ2n) is 7.01. The molecule has 17 heavy (non-hydrogen) atoms. The first-order valence-corrected chi connectivity index (χ1v) is 7.34. The number of hydrogen-bond donors (Lipinski definition) is 1. The molecule has 1 N–H and O–H groups in total. The molecule has 2 nitrogen and oxygen atoms in total. The molecule has 0 aliphatic heterocycles. The molecule has 1 aliphatic carbocycles. The van der Waals surface area contributed by atoms with Crippen LogP contribution in [0.5, 0.6) is 0 Å². The quantitative estimate of drug-likeness (QED) is 0.735. The summed E-state index contributed by atoms with van der Waals surface area (Å²) in [6.07, 6.45) is 4.09. The third-order valence-corrected chi connectivity index (χ3v) is 3.40. The molecule has 0 aromatic heterocycles. The van der Waals surface area contributed by atoms with Crippen LogP contribution in [-0.4, -0.2) is 35.6 Å². The third-order valence-electron chi connectivity index (χ3n) is 3.40. The minimum absolute atomic E-state index is 0.237. The molecule has 0 heterocycles. The van der Waals surface area contributed by atoms with Gasteiger partial charge in [-0.2, -0.15) is 0 Å². The largest absolute Gasteiger partial charge is 0.311 e. The van der Waals surface area contributed by atoms with Gasteiger partial charge in [-0.15, -0.1) is 0 Å². The second kappa shape index (κ2) is 6.19. The molecule has 102 valence electrons. The van der Waals surface area contributed by atoms with Crippen molar-refractivity contribution in [3.05, 3.63) is 0 Å². The van der Waals surface area contributed by atoms with Crippen LogP contribution in [0.4, 0.5) is 0 Å². The van der Waals surface area contributed by atoms with Gasteiger partial charge < -0.3 is 5.32 Å². The summed E-state index contributed by atoms with van der Waals surface area (Å²) in [6.45, 7) is 16.1. The first-order chi connectivity index (χ1) is 7.83. The summed E-state index contributed by atoms with van der Waals surface area (Å²) in [5.41, 5.74) is 0.237. The van der Waals surface area contributed by atoms with Crippen molar-refractivity contribution in [3.63, 3.8) is 0 Å². The molecule has 0 radical (unpaired) electrons. The first-order valence-electron chi connectivity index (χ1n) is 7.34. The average Bonchev–Trinajstić information content (AvgIpc) is 2.97. The molecular weight excluding hydrogens is 208 g/mol. The molecular formula is C15H32N2. The van der Waals surface area contributed by atoms with Crippen LogP contribution in [0.3, 0.4) is 0 Å². The van der Waals surface area contributed by atoms with Gasteiger partial charge in [0, 0.05) is 30.7 Å². The molecule has 1 fully saturated rings. The lowest BCUT2D eigenvalue weighted by Gasteiger charge is -2.35. The lowest BCUT2D eigenvalue weighted by atomic mass is 10.1. The zero-order chi connectivity index (χ0) is 13.1. The van der Waals surface area contributed by atoms with E-state index in [1.807, 2.05) is 0 Å². The van der Waals surface area contributed by atoms with Gasteiger partial charge in [-0.05, 0) is 46.0 Å². The van der Waals surface area contributed by atoms with Gasteiger partial charge in [-0.3, -0.25) is 4.90 Å². The Morgan fingerprint density at radius 2 is 1.82 bits per heavy atom. The standard InChI is InChI=1S/C15H32N2/c1-7-13(10-16-15(4,5)6)17(11-12(2)3)14-8-9-14/h12-14,16H,7-11H2,1-6H3. The van der Waals surface area contributed by atoms with E-state index in [4.69, 9.17) is 0 Å². The highest BCUT2D eigenvalue weighted by atomic mass is 15.2. The molecule has 0 amide bonds. The van der Waals surface area contributed by atoms with E-state index in [-0.39, 0.29) is 5.54 Å². The zero-order valence-electron chi connectivity index (χ0n) is 12.7. The van der Waals surface area contributed by atoms with Gasteiger partial charge in [-0.25, -0.2) is 0 Å². The number of nitrogens with one attached hydrogen (secondary N) is 1. The number of hydrogen-bond acceptors (Lipinski definition) is 2. The maximum atomic E-state index is 3.67. The number of rotatable bonds is 7. The molecule has 1 unspecified atom stereocenters. The lowest BCUT2D eigenvalue weighted by molar-refractivity contribution is 0.150. The summed E-state index contributed by atoms with van der Waals surface area (Å²) in [5, 5.41) is 3.67. The molecule has 1 rings (SSSR count). The van der Waals surface area contributed by atoms with Gasteiger partial charge in [0.2, 0.25) is 0 Å². The predicted octanol–water partition coefficient (Wildman–Crippen LogP) is 3.27. The molecule has 0 bridgehead atoms. The Balaban J connectivity index is 2.49. The van der Waals surface area contributed by atoms with E-state index in [1.54, 1.807) is 0 Å². The van der Waals surface area contributed by atoms with E-state index in [9.17, 15) is 0 Å². The Kier molecular flexibility index (Phi) is 5.46. The van der Waals surface area contributed by atoms with Crippen LogP contribution in [-0.2, 0) is 0 Å². The van der Waals surface area contributed by atoms with Crippen molar-refractivity contribution >= 4 is 0 Å². The van der Waals surface area contributed by atoms with Crippen molar-refractivity contribution in [2.45, 2.75) is 78.4 Å². The van der Waals surface area contributed by atoms with Crippen molar-refractivity contribution in [1.29, 1.82) is 0 Å². The fraction of sp³-hybridized carbons (Fsp3) is 1.00. The smallest absolute Gasteiger partial charge is 0.0221 e. The van der Waals surface area contributed by atoms with Gasteiger partial charge in [0.1, 0.15) is 0 Å². The molecule has 0 aromatic carbocycles. The Hall–Kier alpha value is -0.0800. The van der Waals surface area contributed by atoms with Crippen LogP contribution in [0.2, 0.25) is 0 Å². The summed E-state index contributed by atoms with van der Waals surface area (Å²) < 4.78 is 0.